The summed E-state index contributed by atoms with van der Waals surface area (Å²) in [6, 6.07) is 1.44. The van der Waals surface area contributed by atoms with Gasteiger partial charge in [0.15, 0.2) is 6.04 Å². The first-order valence-electron chi connectivity index (χ1n) is 4.75. The number of amides is 1. The molecule has 3 N–H and O–H groups in total. The Morgan fingerprint density at radius 1 is 1.47 bits per heavy atom. The van der Waals surface area contributed by atoms with Crippen LogP contribution in [0.4, 0.5) is 0 Å². The summed E-state index contributed by atoms with van der Waals surface area (Å²) >= 11 is 5.59. The van der Waals surface area contributed by atoms with Gasteiger partial charge in [-0.15, -0.1) is 0 Å². The average molecular weight is 259 g/mol. The molecule has 0 aliphatic rings. The van der Waals surface area contributed by atoms with Crippen LogP contribution in [-0.4, -0.2) is 39.2 Å². The van der Waals surface area contributed by atoms with Crippen LogP contribution in [0.2, 0.25) is 5.02 Å². The Morgan fingerprint density at radius 2 is 2.12 bits per heavy atom. The van der Waals surface area contributed by atoms with E-state index in [9.17, 15) is 14.7 Å². The van der Waals surface area contributed by atoms with Crippen LogP contribution in [0.3, 0.4) is 0 Å². The standard InChI is InChI=1S/C10H11ClN2O4/c1-5(14)8(10(16)17)13-9(15)7-3-2-6(11)4-12-7/h2-5,8,14H,1H3,(H,13,15)(H,16,17). The third-order valence-electron chi connectivity index (χ3n) is 2.00. The fourth-order valence-corrected chi connectivity index (χ4v) is 1.23. The monoisotopic (exact) mass is 258 g/mol. The van der Waals surface area contributed by atoms with Crippen LogP contribution in [-0.2, 0) is 4.79 Å². The molecule has 1 heterocycles. The van der Waals surface area contributed by atoms with Crippen molar-refractivity contribution in [1.82, 2.24) is 10.3 Å². The summed E-state index contributed by atoms with van der Waals surface area (Å²) in [7, 11) is 0. The van der Waals surface area contributed by atoms with Crippen molar-refractivity contribution in [1.29, 1.82) is 0 Å². The van der Waals surface area contributed by atoms with Crippen LogP contribution in [0.25, 0.3) is 0 Å². The van der Waals surface area contributed by atoms with E-state index in [0.29, 0.717) is 5.02 Å². The molecule has 1 amide bonds. The topological polar surface area (TPSA) is 99.5 Å². The van der Waals surface area contributed by atoms with Crippen molar-refractivity contribution in [3.63, 3.8) is 0 Å². The van der Waals surface area contributed by atoms with Gasteiger partial charge in [-0.3, -0.25) is 4.79 Å². The molecular formula is C10H11ClN2O4. The van der Waals surface area contributed by atoms with Crippen molar-refractivity contribution >= 4 is 23.5 Å². The molecule has 0 aliphatic carbocycles. The van der Waals surface area contributed by atoms with Gasteiger partial charge in [0.2, 0.25) is 0 Å². The Kier molecular flexibility index (Phi) is 4.42. The lowest BCUT2D eigenvalue weighted by molar-refractivity contribution is -0.141. The Hall–Kier alpha value is -1.66. The van der Waals surface area contributed by atoms with Crippen LogP contribution in [0.15, 0.2) is 18.3 Å². The summed E-state index contributed by atoms with van der Waals surface area (Å²) in [4.78, 5) is 26.1. The highest BCUT2D eigenvalue weighted by molar-refractivity contribution is 6.30. The zero-order chi connectivity index (χ0) is 13.0. The van der Waals surface area contributed by atoms with E-state index in [1.54, 1.807) is 0 Å². The first kappa shape index (κ1) is 13.4. The number of carbonyl (C=O) groups excluding carboxylic acids is 1. The summed E-state index contributed by atoms with van der Waals surface area (Å²) in [6.07, 6.45) is 0.0676. The van der Waals surface area contributed by atoms with Crippen molar-refractivity contribution in [3.05, 3.63) is 29.0 Å². The number of pyridine rings is 1. The maximum atomic E-state index is 11.6. The Bertz CT molecular complexity index is 419. The van der Waals surface area contributed by atoms with Gasteiger partial charge < -0.3 is 15.5 Å². The van der Waals surface area contributed by atoms with Crippen molar-refractivity contribution < 1.29 is 19.8 Å². The number of halogens is 1. The number of nitrogens with one attached hydrogen (secondary N) is 1. The van der Waals surface area contributed by atoms with Gasteiger partial charge in [-0.2, -0.15) is 0 Å². The van der Waals surface area contributed by atoms with E-state index in [1.165, 1.54) is 25.3 Å². The number of carboxylic acids is 1. The predicted octanol–water partition coefficient (Wildman–Crippen LogP) is 0.299. The first-order chi connectivity index (χ1) is 7.91. The van der Waals surface area contributed by atoms with Crippen LogP contribution in [0.5, 0.6) is 0 Å². The summed E-state index contributed by atoms with van der Waals surface area (Å²) in [6.45, 7) is 1.27. The van der Waals surface area contributed by atoms with Gasteiger partial charge in [0.1, 0.15) is 5.69 Å². The quantitative estimate of drug-likeness (QED) is 0.721. The van der Waals surface area contributed by atoms with Gasteiger partial charge in [-0.1, -0.05) is 11.6 Å². The number of rotatable bonds is 4. The Balaban J connectivity index is 2.77. The van der Waals surface area contributed by atoms with Gasteiger partial charge in [0, 0.05) is 6.20 Å². The van der Waals surface area contributed by atoms with Gasteiger partial charge in [0.05, 0.1) is 11.1 Å². The number of nitrogens with zero attached hydrogens (tertiary/aromatic N) is 1. The van der Waals surface area contributed by atoms with E-state index in [0.717, 1.165) is 0 Å². The van der Waals surface area contributed by atoms with E-state index < -0.39 is 24.0 Å². The summed E-state index contributed by atoms with van der Waals surface area (Å²) < 4.78 is 0. The molecule has 0 saturated carbocycles. The zero-order valence-electron chi connectivity index (χ0n) is 8.92. The minimum atomic E-state index is -1.38. The first-order valence-corrected chi connectivity index (χ1v) is 5.13. The second-order valence-electron chi connectivity index (χ2n) is 3.39. The molecular weight excluding hydrogens is 248 g/mol. The van der Waals surface area contributed by atoms with Crippen LogP contribution < -0.4 is 5.32 Å². The summed E-state index contributed by atoms with van der Waals surface area (Å²) in [5.74, 6) is -2.00. The third-order valence-corrected chi connectivity index (χ3v) is 2.22. The molecule has 2 unspecified atom stereocenters. The number of hydrogen-bond donors (Lipinski definition) is 3. The maximum absolute atomic E-state index is 11.6. The van der Waals surface area contributed by atoms with E-state index in [-0.39, 0.29) is 5.69 Å². The van der Waals surface area contributed by atoms with Crippen LogP contribution in [0, 0.1) is 0 Å². The number of carbonyl (C=O) groups is 2. The highest BCUT2D eigenvalue weighted by Crippen LogP contribution is 2.06. The zero-order valence-corrected chi connectivity index (χ0v) is 9.68. The average Bonchev–Trinajstić information content (AvgIpc) is 2.25. The van der Waals surface area contributed by atoms with Crippen LogP contribution >= 0.6 is 11.6 Å². The molecule has 1 aromatic rings. The largest absolute Gasteiger partial charge is 0.480 e. The molecule has 0 radical (unpaired) electrons. The second-order valence-corrected chi connectivity index (χ2v) is 3.83. The number of aliphatic hydroxyl groups excluding tert-OH is 1. The SMILES string of the molecule is CC(O)C(NC(=O)c1ccc(Cl)cn1)C(=O)O. The van der Waals surface area contributed by atoms with Crippen LogP contribution in [0.1, 0.15) is 17.4 Å². The highest BCUT2D eigenvalue weighted by Gasteiger charge is 2.25. The van der Waals surface area contributed by atoms with E-state index >= 15 is 0 Å². The minimum Gasteiger partial charge on any atom is -0.480 e. The smallest absolute Gasteiger partial charge is 0.328 e. The molecule has 17 heavy (non-hydrogen) atoms. The summed E-state index contributed by atoms with van der Waals surface area (Å²) in [5, 5.41) is 20.5. The van der Waals surface area contributed by atoms with E-state index in [1.807, 2.05) is 0 Å². The molecule has 1 rings (SSSR count). The number of carboxylic acid groups (broad SMARTS) is 1. The van der Waals surface area contributed by atoms with Crippen molar-refractivity contribution in [3.8, 4) is 0 Å². The minimum absolute atomic E-state index is 0.0290. The lowest BCUT2D eigenvalue weighted by Gasteiger charge is -2.16. The number of aliphatic carboxylic acids is 1. The maximum Gasteiger partial charge on any atom is 0.328 e. The second kappa shape index (κ2) is 5.60. The van der Waals surface area contributed by atoms with Crippen molar-refractivity contribution in [2.45, 2.75) is 19.1 Å². The molecule has 2 atom stereocenters. The molecule has 0 saturated heterocycles. The third kappa shape index (κ3) is 3.69. The van der Waals surface area contributed by atoms with Crippen molar-refractivity contribution in [2.75, 3.05) is 0 Å². The van der Waals surface area contributed by atoms with Crippen molar-refractivity contribution in [2.24, 2.45) is 0 Å². The van der Waals surface area contributed by atoms with Gasteiger partial charge in [0.25, 0.3) is 5.91 Å². The Morgan fingerprint density at radius 3 is 2.53 bits per heavy atom. The highest BCUT2D eigenvalue weighted by atomic mass is 35.5. The number of aliphatic hydroxyl groups is 1. The fourth-order valence-electron chi connectivity index (χ4n) is 1.11. The molecule has 0 fully saturated rings. The number of hydrogen-bond acceptors (Lipinski definition) is 4. The molecule has 6 nitrogen and oxygen atoms in total. The molecule has 7 heteroatoms. The number of aromatic nitrogens is 1. The van der Waals surface area contributed by atoms with Gasteiger partial charge >= 0.3 is 5.97 Å². The molecule has 92 valence electrons. The Labute approximate surface area is 102 Å². The predicted molar refractivity (Wildman–Crippen MR) is 59.8 cm³/mol. The summed E-state index contributed by atoms with van der Waals surface area (Å²) in [5.41, 5.74) is 0.0290. The van der Waals surface area contributed by atoms with Gasteiger partial charge in [-0.25, -0.2) is 9.78 Å². The fraction of sp³-hybridized carbons (Fsp3) is 0.300. The van der Waals surface area contributed by atoms with E-state index in [4.69, 9.17) is 16.7 Å². The van der Waals surface area contributed by atoms with Gasteiger partial charge in [-0.05, 0) is 19.1 Å². The lowest BCUT2D eigenvalue weighted by atomic mass is 10.2. The lowest BCUT2D eigenvalue weighted by Crippen LogP contribution is -2.47. The molecule has 1 aromatic heterocycles. The molecule has 0 bridgehead atoms. The van der Waals surface area contributed by atoms with E-state index in [2.05, 4.69) is 10.3 Å². The molecule has 0 aliphatic heterocycles. The molecule has 0 aromatic carbocycles. The molecule has 0 spiro atoms. The normalized spacial score (nSPS) is 13.8.